The number of halogens is 1. The van der Waals surface area contributed by atoms with E-state index in [1.807, 2.05) is 60.7 Å². The minimum Gasteiger partial charge on any atom is -0.323 e. The summed E-state index contributed by atoms with van der Waals surface area (Å²) in [6, 6.07) is 18.2. The molecule has 1 aliphatic rings. The Labute approximate surface area is 153 Å². The number of hydrogen-bond donors (Lipinski definition) is 1. The van der Waals surface area contributed by atoms with Gasteiger partial charge in [0.25, 0.3) is 5.91 Å². The molecule has 1 N–H and O–H groups in total. The predicted molar refractivity (Wildman–Crippen MR) is 103 cm³/mol. The van der Waals surface area contributed by atoms with E-state index in [0.29, 0.717) is 11.3 Å². The van der Waals surface area contributed by atoms with Crippen molar-refractivity contribution in [1.82, 2.24) is 0 Å². The van der Waals surface area contributed by atoms with E-state index in [4.69, 9.17) is 0 Å². The number of nitrogens with zero attached hydrogens (tertiary/aromatic N) is 1. The lowest BCUT2D eigenvalue weighted by atomic mass is 10.1. The van der Waals surface area contributed by atoms with E-state index in [-0.39, 0.29) is 11.8 Å². The molecule has 4 nitrogen and oxygen atoms in total. The lowest BCUT2D eigenvalue weighted by Crippen LogP contribution is -2.44. The third-order valence-electron chi connectivity index (χ3n) is 4.49. The molecule has 0 radical (unpaired) electrons. The molecule has 3 aromatic carbocycles. The molecule has 4 rings (SSSR count). The van der Waals surface area contributed by atoms with E-state index in [2.05, 4.69) is 21.2 Å². The quantitative estimate of drug-likeness (QED) is 0.705. The van der Waals surface area contributed by atoms with Crippen molar-refractivity contribution in [2.45, 2.75) is 13.0 Å². The van der Waals surface area contributed by atoms with Crippen molar-refractivity contribution < 1.29 is 9.59 Å². The van der Waals surface area contributed by atoms with Gasteiger partial charge in [-0.25, -0.2) is 0 Å². The Morgan fingerprint density at radius 3 is 2.52 bits per heavy atom. The largest absolute Gasteiger partial charge is 0.323 e. The fourth-order valence-electron chi connectivity index (χ4n) is 3.24. The molecule has 1 atom stereocenters. The van der Waals surface area contributed by atoms with E-state index in [1.165, 1.54) is 0 Å². The molecular weight excluding hydrogens is 380 g/mol. The number of carbonyl (C=O) groups excluding carboxylic acids is 2. The molecule has 0 saturated heterocycles. The second kappa shape index (κ2) is 6.01. The first-order valence-electron chi connectivity index (χ1n) is 7.98. The van der Waals surface area contributed by atoms with Crippen LogP contribution in [0.1, 0.15) is 17.3 Å². The van der Waals surface area contributed by atoms with Crippen molar-refractivity contribution in [3.63, 3.8) is 0 Å². The fourth-order valence-corrected chi connectivity index (χ4v) is 3.62. The molecule has 124 valence electrons. The highest BCUT2D eigenvalue weighted by atomic mass is 79.9. The standard InChI is InChI=1S/C20H15BrN2O2/c1-12(19(24)22-16-10-3-2-9-15(16)21)23-17-11-5-7-13-6-4-8-14(18(13)17)20(23)25/h2-12H,1H3,(H,22,24)/t12-/m1/s1. The summed E-state index contributed by atoms with van der Waals surface area (Å²) in [5.74, 6) is -0.369. The van der Waals surface area contributed by atoms with Crippen molar-refractivity contribution in [1.29, 1.82) is 0 Å². The highest BCUT2D eigenvalue weighted by molar-refractivity contribution is 9.10. The SMILES string of the molecule is C[C@H](C(=O)Nc1ccccc1Br)N1C(=O)c2cccc3cccc1c23. The zero-order chi connectivity index (χ0) is 17.6. The van der Waals surface area contributed by atoms with Gasteiger partial charge < -0.3 is 5.32 Å². The number of anilines is 2. The van der Waals surface area contributed by atoms with Crippen LogP contribution in [0.3, 0.4) is 0 Å². The van der Waals surface area contributed by atoms with Gasteiger partial charge in [-0.3, -0.25) is 14.5 Å². The summed E-state index contributed by atoms with van der Waals surface area (Å²) in [7, 11) is 0. The molecule has 0 spiro atoms. The zero-order valence-electron chi connectivity index (χ0n) is 13.5. The number of para-hydroxylation sites is 1. The van der Waals surface area contributed by atoms with Crippen LogP contribution in [0.2, 0.25) is 0 Å². The molecule has 0 fully saturated rings. The Morgan fingerprint density at radius 1 is 1.04 bits per heavy atom. The van der Waals surface area contributed by atoms with Gasteiger partial charge in [0.05, 0.1) is 11.4 Å². The van der Waals surface area contributed by atoms with Gasteiger partial charge in [-0.05, 0) is 52.5 Å². The van der Waals surface area contributed by atoms with Crippen molar-refractivity contribution in [2.24, 2.45) is 0 Å². The Hall–Kier alpha value is -2.66. The van der Waals surface area contributed by atoms with Crippen LogP contribution in [-0.4, -0.2) is 17.9 Å². The monoisotopic (exact) mass is 394 g/mol. The highest BCUT2D eigenvalue weighted by Gasteiger charge is 2.35. The normalized spacial score (nSPS) is 14.0. The van der Waals surface area contributed by atoms with Gasteiger partial charge >= 0.3 is 0 Å². The van der Waals surface area contributed by atoms with Crippen LogP contribution >= 0.6 is 15.9 Å². The molecule has 0 unspecified atom stereocenters. The van der Waals surface area contributed by atoms with Gasteiger partial charge in [-0.1, -0.05) is 36.4 Å². The second-order valence-electron chi connectivity index (χ2n) is 6.00. The smallest absolute Gasteiger partial charge is 0.259 e. The topological polar surface area (TPSA) is 49.4 Å². The number of hydrogen-bond acceptors (Lipinski definition) is 2. The maximum Gasteiger partial charge on any atom is 0.259 e. The van der Waals surface area contributed by atoms with Gasteiger partial charge in [0.1, 0.15) is 6.04 Å². The van der Waals surface area contributed by atoms with Crippen LogP contribution in [-0.2, 0) is 4.79 Å². The Balaban J connectivity index is 1.69. The first-order chi connectivity index (χ1) is 12.1. The van der Waals surface area contributed by atoms with Crippen molar-refractivity contribution in [3.05, 3.63) is 70.7 Å². The number of benzene rings is 3. The number of nitrogens with one attached hydrogen (secondary N) is 1. The van der Waals surface area contributed by atoms with Crippen LogP contribution in [0.25, 0.3) is 10.8 Å². The zero-order valence-corrected chi connectivity index (χ0v) is 15.1. The molecule has 1 heterocycles. The van der Waals surface area contributed by atoms with Crippen molar-refractivity contribution >= 4 is 49.9 Å². The summed E-state index contributed by atoms with van der Waals surface area (Å²) >= 11 is 3.42. The lowest BCUT2D eigenvalue weighted by molar-refractivity contribution is -0.117. The molecule has 5 heteroatoms. The Bertz CT molecular complexity index is 1010. The molecule has 2 amide bonds. The predicted octanol–water partition coefficient (Wildman–Crippen LogP) is 4.59. The molecule has 3 aromatic rings. The number of amides is 2. The minimum atomic E-state index is -0.627. The van der Waals surface area contributed by atoms with Crippen LogP contribution < -0.4 is 10.2 Å². The lowest BCUT2D eigenvalue weighted by Gasteiger charge is -2.25. The van der Waals surface area contributed by atoms with E-state index < -0.39 is 6.04 Å². The maximum absolute atomic E-state index is 12.9. The minimum absolute atomic E-state index is 0.137. The van der Waals surface area contributed by atoms with E-state index in [1.54, 1.807) is 11.8 Å². The van der Waals surface area contributed by atoms with E-state index in [9.17, 15) is 9.59 Å². The third-order valence-corrected chi connectivity index (χ3v) is 5.18. The summed E-state index contributed by atoms with van der Waals surface area (Å²) < 4.78 is 0.800. The molecule has 1 aliphatic heterocycles. The maximum atomic E-state index is 12.9. The van der Waals surface area contributed by atoms with Crippen molar-refractivity contribution in [3.8, 4) is 0 Å². The average molecular weight is 395 g/mol. The first kappa shape index (κ1) is 15.8. The van der Waals surface area contributed by atoms with Crippen LogP contribution in [0.4, 0.5) is 11.4 Å². The molecular formula is C20H15BrN2O2. The van der Waals surface area contributed by atoms with Gasteiger partial charge in [-0.15, -0.1) is 0 Å². The molecule has 0 aliphatic carbocycles. The summed E-state index contributed by atoms with van der Waals surface area (Å²) in [5, 5.41) is 4.80. The van der Waals surface area contributed by atoms with Crippen LogP contribution in [0, 0.1) is 0 Å². The summed E-state index contributed by atoms with van der Waals surface area (Å²) in [5.41, 5.74) is 2.11. The third kappa shape index (κ3) is 2.51. The number of carbonyl (C=O) groups is 2. The number of rotatable bonds is 3. The molecule has 0 bridgehead atoms. The average Bonchev–Trinajstić information content (AvgIpc) is 2.91. The summed E-state index contributed by atoms with van der Waals surface area (Å²) in [6.07, 6.45) is 0. The Morgan fingerprint density at radius 2 is 1.76 bits per heavy atom. The van der Waals surface area contributed by atoms with E-state index >= 15 is 0 Å². The van der Waals surface area contributed by atoms with Crippen molar-refractivity contribution in [2.75, 3.05) is 10.2 Å². The Kier molecular flexibility index (Phi) is 3.81. The van der Waals surface area contributed by atoms with Gasteiger partial charge in [0.2, 0.25) is 5.91 Å². The first-order valence-corrected chi connectivity index (χ1v) is 8.78. The van der Waals surface area contributed by atoms with Gasteiger partial charge in [0.15, 0.2) is 0 Å². The second-order valence-corrected chi connectivity index (χ2v) is 6.86. The molecule has 0 aromatic heterocycles. The van der Waals surface area contributed by atoms with E-state index in [0.717, 1.165) is 20.9 Å². The fraction of sp³-hybridized carbons (Fsp3) is 0.100. The van der Waals surface area contributed by atoms with Crippen LogP contribution in [0.5, 0.6) is 0 Å². The highest BCUT2D eigenvalue weighted by Crippen LogP contribution is 2.38. The summed E-state index contributed by atoms with van der Waals surface area (Å²) in [4.78, 5) is 27.2. The molecule has 0 saturated carbocycles. The molecule has 25 heavy (non-hydrogen) atoms. The summed E-state index contributed by atoms with van der Waals surface area (Å²) in [6.45, 7) is 1.74. The van der Waals surface area contributed by atoms with Crippen LogP contribution in [0.15, 0.2) is 65.1 Å². The van der Waals surface area contributed by atoms with Gasteiger partial charge in [-0.2, -0.15) is 0 Å². The van der Waals surface area contributed by atoms with Gasteiger partial charge in [0, 0.05) is 15.4 Å².